The molecule has 1 aromatic rings. The van der Waals surface area contributed by atoms with Crippen molar-refractivity contribution < 1.29 is 60.7 Å². The van der Waals surface area contributed by atoms with Crippen LogP contribution in [0.4, 0.5) is 0 Å². The molecule has 0 bridgehead atoms. The molecule has 8 N–H and O–H groups in total. The number of amides is 1. The Labute approximate surface area is 195 Å². The highest BCUT2D eigenvalue weighted by molar-refractivity contribution is 7.66. The number of nitrogens with one attached hydrogen (secondary N) is 2. The molecule has 0 saturated carbocycles. The highest BCUT2D eigenvalue weighted by Gasteiger charge is 2.46. The van der Waals surface area contributed by atoms with Gasteiger partial charge < -0.3 is 40.1 Å². The van der Waals surface area contributed by atoms with Crippen LogP contribution in [0.1, 0.15) is 18.2 Å². The Morgan fingerprint density at radius 3 is 2.49 bits per heavy atom. The van der Waals surface area contributed by atoms with Crippen LogP contribution < -0.4 is 22.3 Å². The number of aryl methyl sites for hydroxylation is 1. The van der Waals surface area contributed by atoms with Crippen LogP contribution in [0, 0.1) is 6.92 Å². The van der Waals surface area contributed by atoms with E-state index >= 15 is 0 Å². The first-order valence-corrected chi connectivity index (χ1v) is 13.9. The quantitative estimate of drug-likeness (QED) is 0.0806. The number of phosphoric ester groups is 1. The Kier molecular flexibility index (Phi) is 9.88. The number of hydrogen-bond donors (Lipinski definition) is 7. The van der Waals surface area contributed by atoms with Gasteiger partial charge in [-0.25, -0.2) is 18.5 Å². The molecular weight excluding hydrogens is 545 g/mol. The van der Waals surface area contributed by atoms with Crippen LogP contribution in [0.15, 0.2) is 15.8 Å². The van der Waals surface area contributed by atoms with E-state index in [1.165, 1.54) is 6.92 Å². The van der Waals surface area contributed by atoms with Crippen molar-refractivity contribution in [2.75, 3.05) is 19.9 Å². The van der Waals surface area contributed by atoms with Gasteiger partial charge in [-0.1, -0.05) is 0 Å². The van der Waals surface area contributed by atoms with E-state index in [1.54, 1.807) is 0 Å². The normalized spacial score (nSPS) is 24.0. The minimum absolute atomic E-state index is 0.127. The van der Waals surface area contributed by atoms with Gasteiger partial charge in [0, 0.05) is 18.2 Å². The maximum atomic E-state index is 12.2. The molecule has 1 aromatic heterocycles. The van der Waals surface area contributed by atoms with Gasteiger partial charge in [-0.3, -0.25) is 23.7 Å². The molecule has 0 aromatic carbocycles. The number of H-pyrrole nitrogens is 1. The fraction of sp³-hybridized carbons (Fsp3) is 0.615. The maximum absolute atomic E-state index is 12.2. The van der Waals surface area contributed by atoms with Crippen LogP contribution >= 0.6 is 23.5 Å². The summed E-state index contributed by atoms with van der Waals surface area (Å²) in [5, 5.41) is 2.27. The average Bonchev–Trinajstić information content (AvgIpc) is 3.06. The van der Waals surface area contributed by atoms with Gasteiger partial charge in [-0.15, -0.1) is 0 Å². The lowest BCUT2D eigenvalue weighted by atomic mass is 10.2. The van der Waals surface area contributed by atoms with Crippen LogP contribution in [-0.2, 0) is 41.1 Å². The van der Waals surface area contributed by atoms with Crippen LogP contribution in [0.3, 0.4) is 0 Å². The van der Waals surface area contributed by atoms with Gasteiger partial charge in [-0.2, -0.15) is 8.62 Å². The molecule has 200 valence electrons. The predicted octanol–water partition coefficient (Wildman–Crippen LogP) is -2.11. The molecule has 22 heteroatoms. The molecule has 0 spiro atoms. The Hall–Kier alpha value is -1.56. The van der Waals surface area contributed by atoms with E-state index < -0.39 is 65.7 Å². The summed E-state index contributed by atoms with van der Waals surface area (Å²) < 4.78 is 58.5. The predicted molar refractivity (Wildman–Crippen MR) is 111 cm³/mol. The Morgan fingerprint density at radius 2 is 1.89 bits per heavy atom. The van der Waals surface area contributed by atoms with Crippen molar-refractivity contribution in [3.05, 3.63) is 32.6 Å². The van der Waals surface area contributed by atoms with Gasteiger partial charge >= 0.3 is 29.2 Å². The van der Waals surface area contributed by atoms with Crippen molar-refractivity contribution in [3.8, 4) is 0 Å². The minimum Gasteiger partial charge on any atom is -0.358 e. The highest BCUT2D eigenvalue weighted by Crippen LogP contribution is 2.67. The first kappa shape index (κ1) is 29.7. The summed E-state index contributed by atoms with van der Waals surface area (Å²) in [5.74, 6) is -0.560. The number of rotatable bonds is 12. The van der Waals surface area contributed by atoms with E-state index in [1.807, 2.05) is 4.98 Å². The zero-order chi connectivity index (χ0) is 26.6. The fourth-order valence-corrected chi connectivity index (χ4v) is 6.00. The SMILES string of the molecule is Cc1cn([C@H]2C[C@H](OP(=O)(O)OP(=O)(O)OP(=O)(O)O)[C@@H](COCNC(=O)CN)O2)c(=O)[nH]c1=O. The monoisotopic (exact) mass is 568 g/mol. The number of carbonyl (C=O) groups excluding carboxylic acids is 1. The standard InChI is InChI=1S/C13H23N4O15P3/c1-7-4-17(13(20)16-12(7)19)11-2-8(9(29-11)5-28-6-15-10(18)3-14)30-34(24,25)32-35(26,27)31-33(21,22)23/h4,8-9,11H,2-3,5-6,14H2,1H3,(H,15,18)(H,24,25)(H,26,27)(H,16,19,20)(H2,21,22,23)/t8-,9+,11+/m0/s1. The van der Waals surface area contributed by atoms with Gasteiger partial charge in [-0.05, 0) is 6.92 Å². The number of nitrogens with zero attached hydrogens (tertiary/aromatic N) is 1. The maximum Gasteiger partial charge on any atom is 0.490 e. The van der Waals surface area contributed by atoms with E-state index in [-0.39, 0.29) is 25.3 Å². The zero-order valence-electron chi connectivity index (χ0n) is 17.8. The summed E-state index contributed by atoms with van der Waals surface area (Å²) in [5.41, 5.74) is 3.71. The van der Waals surface area contributed by atoms with Gasteiger partial charge in [0.2, 0.25) is 5.91 Å². The minimum atomic E-state index is -5.77. The largest absolute Gasteiger partial charge is 0.490 e. The lowest BCUT2D eigenvalue weighted by Gasteiger charge is -2.22. The van der Waals surface area contributed by atoms with Crippen LogP contribution in [-0.4, -0.2) is 67.1 Å². The van der Waals surface area contributed by atoms with Crippen LogP contribution in [0.5, 0.6) is 0 Å². The molecule has 0 radical (unpaired) electrons. The molecule has 1 fully saturated rings. The van der Waals surface area contributed by atoms with Crippen LogP contribution in [0.2, 0.25) is 0 Å². The number of phosphoric acid groups is 3. The van der Waals surface area contributed by atoms with Crippen molar-refractivity contribution in [1.29, 1.82) is 0 Å². The van der Waals surface area contributed by atoms with Crippen molar-refractivity contribution in [2.45, 2.75) is 31.8 Å². The molecule has 5 atom stereocenters. The molecule has 1 amide bonds. The number of aromatic amines is 1. The Bertz CT molecular complexity index is 1180. The Balaban J connectivity index is 2.21. The zero-order valence-corrected chi connectivity index (χ0v) is 20.5. The summed E-state index contributed by atoms with van der Waals surface area (Å²) >= 11 is 0. The number of hydrogen-bond acceptors (Lipinski definition) is 12. The summed E-state index contributed by atoms with van der Waals surface area (Å²) in [6.45, 7) is 0.293. The van der Waals surface area contributed by atoms with Gasteiger partial charge in [0.05, 0.1) is 13.2 Å². The van der Waals surface area contributed by atoms with E-state index in [0.717, 1.165) is 10.8 Å². The van der Waals surface area contributed by atoms with Crippen LogP contribution in [0.25, 0.3) is 0 Å². The third-order valence-corrected chi connectivity index (χ3v) is 8.02. The smallest absolute Gasteiger partial charge is 0.358 e. The summed E-state index contributed by atoms with van der Waals surface area (Å²) in [7, 11) is -16.9. The van der Waals surface area contributed by atoms with E-state index in [4.69, 9.17) is 29.5 Å². The van der Waals surface area contributed by atoms with Crippen molar-refractivity contribution in [3.63, 3.8) is 0 Å². The van der Waals surface area contributed by atoms with Gasteiger partial charge in [0.15, 0.2) is 0 Å². The molecule has 1 aliphatic heterocycles. The summed E-state index contributed by atoms with van der Waals surface area (Å²) in [4.78, 5) is 73.4. The number of ether oxygens (including phenoxy) is 2. The first-order valence-electron chi connectivity index (χ1n) is 9.36. The lowest BCUT2D eigenvalue weighted by molar-refractivity contribution is -0.122. The molecule has 35 heavy (non-hydrogen) atoms. The van der Waals surface area contributed by atoms with Gasteiger partial charge in [0.25, 0.3) is 5.56 Å². The Morgan fingerprint density at radius 1 is 1.23 bits per heavy atom. The molecule has 2 heterocycles. The molecule has 1 saturated heterocycles. The lowest BCUT2D eigenvalue weighted by Crippen LogP contribution is -2.35. The molecule has 2 rings (SSSR count). The second-order valence-corrected chi connectivity index (χ2v) is 11.3. The average molecular weight is 568 g/mol. The molecular formula is C13H23N4O15P3. The van der Waals surface area contributed by atoms with E-state index in [0.29, 0.717) is 0 Å². The number of carbonyl (C=O) groups is 1. The second kappa shape index (κ2) is 11.7. The van der Waals surface area contributed by atoms with E-state index in [9.17, 15) is 37.9 Å². The van der Waals surface area contributed by atoms with E-state index in [2.05, 4.69) is 13.9 Å². The summed E-state index contributed by atoms with van der Waals surface area (Å²) in [6, 6.07) is 0. The third-order valence-electron chi connectivity index (χ3n) is 4.16. The highest BCUT2D eigenvalue weighted by atomic mass is 31.3. The fourth-order valence-electron chi connectivity index (χ4n) is 2.78. The molecule has 1 aliphatic rings. The second-order valence-electron chi connectivity index (χ2n) is 6.90. The molecule has 19 nitrogen and oxygen atoms in total. The number of aromatic nitrogens is 2. The third kappa shape index (κ3) is 9.44. The van der Waals surface area contributed by atoms with Crippen molar-refractivity contribution in [2.24, 2.45) is 5.73 Å². The number of nitrogens with two attached hydrogens (primary N) is 1. The molecule has 2 unspecified atom stereocenters. The first-order chi connectivity index (χ1) is 16.0. The molecule has 0 aliphatic carbocycles. The summed E-state index contributed by atoms with van der Waals surface area (Å²) in [6.07, 6.45) is -3.13. The van der Waals surface area contributed by atoms with Gasteiger partial charge in [0.1, 0.15) is 25.2 Å². The topological polar surface area (TPSA) is 288 Å². The van der Waals surface area contributed by atoms with Crippen molar-refractivity contribution in [1.82, 2.24) is 14.9 Å². The van der Waals surface area contributed by atoms with Crippen molar-refractivity contribution >= 4 is 29.4 Å².